The van der Waals surface area contributed by atoms with E-state index in [9.17, 15) is 18.4 Å². The summed E-state index contributed by atoms with van der Waals surface area (Å²) in [6, 6.07) is 10.9. The molecule has 0 aromatic heterocycles. The van der Waals surface area contributed by atoms with Crippen LogP contribution >= 0.6 is 0 Å². The average molecular weight is 345 g/mol. The third kappa shape index (κ3) is 5.53. The van der Waals surface area contributed by atoms with E-state index in [0.29, 0.717) is 6.07 Å². The number of nitrogens with one attached hydrogen (secondary N) is 1. The second-order valence-electron chi connectivity index (χ2n) is 5.26. The summed E-state index contributed by atoms with van der Waals surface area (Å²) in [5.41, 5.74) is 0.725. The number of rotatable bonds is 6. The molecule has 0 aliphatic rings. The minimum Gasteiger partial charge on any atom is -0.467 e. The van der Waals surface area contributed by atoms with Gasteiger partial charge in [-0.2, -0.15) is 0 Å². The van der Waals surface area contributed by atoms with E-state index in [0.717, 1.165) is 17.7 Å². The highest BCUT2D eigenvalue weighted by Crippen LogP contribution is 2.10. The Hall–Kier alpha value is -3.02. The molecule has 1 amide bonds. The molecule has 25 heavy (non-hydrogen) atoms. The highest BCUT2D eigenvalue weighted by atomic mass is 19.1. The van der Waals surface area contributed by atoms with Crippen molar-refractivity contribution in [3.63, 3.8) is 0 Å². The molecule has 0 saturated carbocycles. The topological polar surface area (TPSA) is 55.4 Å². The van der Waals surface area contributed by atoms with Gasteiger partial charge in [0.15, 0.2) is 0 Å². The minimum absolute atomic E-state index is 0.172. The Morgan fingerprint density at radius 1 is 1.12 bits per heavy atom. The molecule has 4 nitrogen and oxygen atoms in total. The van der Waals surface area contributed by atoms with Crippen molar-refractivity contribution in [2.75, 3.05) is 7.11 Å². The van der Waals surface area contributed by atoms with E-state index >= 15 is 0 Å². The lowest BCUT2D eigenvalue weighted by Crippen LogP contribution is -2.41. The molecule has 1 N–H and O–H groups in total. The predicted molar refractivity (Wildman–Crippen MR) is 89.7 cm³/mol. The number of methoxy groups -OCH3 is 1. The van der Waals surface area contributed by atoms with Crippen molar-refractivity contribution in [3.8, 4) is 0 Å². The fraction of sp³-hybridized carbons (Fsp3) is 0.158. The Kier molecular flexibility index (Phi) is 6.39. The molecule has 0 radical (unpaired) electrons. The molecular weight excluding hydrogens is 328 g/mol. The number of ether oxygens (including phenoxy) is 1. The maximum atomic E-state index is 13.2. The van der Waals surface area contributed by atoms with Gasteiger partial charge in [0.1, 0.15) is 17.7 Å². The fourth-order valence-electron chi connectivity index (χ4n) is 2.19. The predicted octanol–water partition coefficient (Wildman–Crippen LogP) is 3.34. The highest BCUT2D eigenvalue weighted by Gasteiger charge is 2.21. The van der Waals surface area contributed by atoms with Crippen LogP contribution in [0, 0.1) is 11.6 Å². The molecule has 0 unspecified atom stereocenters. The Labute approximate surface area is 144 Å². The lowest BCUT2D eigenvalue weighted by Gasteiger charge is -2.15. The molecule has 2 aromatic carbocycles. The maximum Gasteiger partial charge on any atom is 0.328 e. The van der Waals surface area contributed by atoms with Crippen molar-refractivity contribution < 1.29 is 23.1 Å². The van der Waals surface area contributed by atoms with Crippen molar-refractivity contribution in [1.82, 2.24) is 5.32 Å². The monoisotopic (exact) mass is 345 g/mol. The van der Waals surface area contributed by atoms with Crippen molar-refractivity contribution in [3.05, 3.63) is 77.4 Å². The van der Waals surface area contributed by atoms with Crippen LogP contribution in [0.15, 0.2) is 54.6 Å². The van der Waals surface area contributed by atoms with Gasteiger partial charge in [0, 0.05) is 11.6 Å². The quantitative estimate of drug-likeness (QED) is 0.817. The number of benzene rings is 2. The first-order chi connectivity index (χ1) is 12.0. The molecule has 0 heterocycles. The van der Waals surface area contributed by atoms with E-state index in [1.54, 1.807) is 12.2 Å². The zero-order valence-electron chi connectivity index (χ0n) is 13.5. The van der Waals surface area contributed by atoms with Gasteiger partial charge < -0.3 is 10.1 Å². The van der Waals surface area contributed by atoms with Crippen LogP contribution in [-0.4, -0.2) is 25.0 Å². The summed E-state index contributed by atoms with van der Waals surface area (Å²) >= 11 is 0. The lowest BCUT2D eigenvalue weighted by molar-refractivity contribution is -0.142. The second-order valence-corrected chi connectivity index (χ2v) is 5.26. The van der Waals surface area contributed by atoms with Crippen LogP contribution in [0.2, 0.25) is 0 Å². The summed E-state index contributed by atoms with van der Waals surface area (Å²) in [5, 5.41) is 2.43. The molecule has 0 aliphatic carbocycles. The number of carbonyl (C=O) groups excluding carboxylic acids is 2. The van der Waals surface area contributed by atoms with E-state index in [1.807, 2.05) is 30.3 Å². The molecule has 0 saturated heterocycles. The zero-order valence-corrected chi connectivity index (χ0v) is 13.5. The van der Waals surface area contributed by atoms with Crippen molar-refractivity contribution in [2.24, 2.45) is 0 Å². The summed E-state index contributed by atoms with van der Waals surface area (Å²) in [5.74, 6) is -3.16. The molecule has 2 aromatic rings. The number of hydrogen-bond acceptors (Lipinski definition) is 3. The maximum absolute atomic E-state index is 13.2. The van der Waals surface area contributed by atoms with E-state index in [4.69, 9.17) is 0 Å². The van der Waals surface area contributed by atoms with Crippen LogP contribution in [0.3, 0.4) is 0 Å². The summed E-state index contributed by atoms with van der Waals surface area (Å²) < 4.78 is 31.1. The van der Waals surface area contributed by atoms with Crippen LogP contribution in [0.25, 0.3) is 6.08 Å². The first-order valence-corrected chi connectivity index (χ1v) is 7.56. The second kappa shape index (κ2) is 8.73. The molecule has 0 bridgehead atoms. The van der Waals surface area contributed by atoms with Gasteiger partial charge >= 0.3 is 5.97 Å². The summed E-state index contributed by atoms with van der Waals surface area (Å²) in [6.45, 7) is 0. The fourth-order valence-corrected chi connectivity index (χ4v) is 2.19. The van der Waals surface area contributed by atoms with E-state index in [1.165, 1.54) is 7.11 Å². The van der Waals surface area contributed by atoms with Crippen LogP contribution in [0.5, 0.6) is 0 Å². The molecule has 6 heteroatoms. The SMILES string of the molecule is COC(=O)[C@@H](C/C=C/c1ccccc1)NC(=O)c1cc(F)cc(F)c1. The first-order valence-electron chi connectivity index (χ1n) is 7.56. The van der Waals surface area contributed by atoms with Gasteiger partial charge in [-0.1, -0.05) is 42.5 Å². The van der Waals surface area contributed by atoms with Crippen LogP contribution in [0.4, 0.5) is 8.78 Å². The van der Waals surface area contributed by atoms with E-state index in [-0.39, 0.29) is 12.0 Å². The molecular formula is C19H17F2NO3. The van der Waals surface area contributed by atoms with Gasteiger partial charge in [-0.25, -0.2) is 13.6 Å². The number of amides is 1. The van der Waals surface area contributed by atoms with Gasteiger partial charge in [0.25, 0.3) is 5.91 Å². The third-order valence-electron chi connectivity index (χ3n) is 3.40. The Morgan fingerprint density at radius 2 is 1.76 bits per heavy atom. The van der Waals surface area contributed by atoms with E-state index in [2.05, 4.69) is 10.1 Å². The molecule has 130 valence electrons. The van der Waals surface area contributed by atoms with Crippen molar-refractivity contribution in [1.29, 1.82) is 0 Å². The zero-order chi connectivity index (χ0) is 18.2. The van der Waals surface area contributed by atoms with Gasteiger partial charge in [0.2, 0.25) is 0 Å². The van der Waals surface area contributed by atoms with Crippen LogP contribution in [0.1, 0.15) is 22.3 Å². The Morgan fingerprint density at radius 3 is 2.36 bits per heavy atom. The average Bonchev–Trinajstić information content (AvgIpc) is 2.60. The third-order valence-corrected chi connectivity index (χ3v) is 3.40. The number of hydrogen-bond donors (Lipinski definition) is 1. The standard InChI is InChI=1S/C19H17F2NO3/c1-25-19(24)17(9-5-8-13-6-3-2-4-7-13)22-18(23)14-10-15(20)12-16(21)11-14/h2-8,10-12,17H,9H2,1H3,(H,22,23)/b8-5+/t17-/m1/s1. The van der Waals surface area contributed by atoms with Crippen LogP contribution in [-0.2, 0) is 9.53 Å². The molecule has 2 rings (SSSR count). The number of carbonyl (C=O) groups is 2. The van der Waals surface area contributed by atoms with Crippen molar-refractivity contribution in [2.45, 2.75) is 12.5 Å². The largest absolute Gasteiger partial charge is 0.467 e. The van der Waals surface area contributed by atoms with Gasteiger partial charge in [-0.15, -0.1) is 0 Å². The molecule has 1 atom stereocenters. The van der Waals surface area contributed by atoms with Gasteiger partial charge in [-0.3, -0.25) is 4.79 Å². The van der Waals surface area contributed by atoms with Crippen LogP contribution < -0.4 is 5.32 Å². The molecule has 0 spiro atoms. The highest BCUT2D eigenvalue weighted by molar-refractivity contribution is 5.96. The van der Waals surface area contributed by atoms with Gasteiger partial charge in [0.05, 0.1) is 7.11 Å². The van der Waals surface area contributed by atoms with Crippen molar-refractivity contribution >= 4 is 18.0 Å². The number of halogens is 2. The molecule has 0 aliphatic heterocycles. The minimum atomic E-state index is -0.969. The van der Waals surface area contributed by atoms with E-state index < -0.39 is 29.6 Å². The number of esters is 1. The smallest absolute Gasteiger partial charge is 0.328 e. The first kappa shape index (κ1) is 18.3. The Balaban J connectivity index is 2.08. The summed E-state index contributed by atoms with van der Waals surface area (Å²) in [6.07, 6.45) is 3.68. The summed E-state index contributed by atoms with van der Waals surface area (Å²) in [4.78, 5) is 24.0. The normalized spacial score (nSPS) is 12.0. The molecule has 0 fully saturated rings. The Bertz CT molecular complexity index is 755. The summed E-state index contributed by atoms with van der Waals surface area (Å²) in [7, 11) is 1.20. The lowest BCUT2D eigenvalue weighted by atomic mass is 10.1. The van der Waals surface area contributed by atoms with Gasteiger partial charge in [-0.05, 0) is 24.1 Å².